The van der Waals surface area contributed by atoms with Crippen molar-refractivity contribution in [3.8, 4) is 0 Å². The molecule has 1 unspecified atom stereocenters. The molecular weight excluding hydrogens is 258 g/mol. The highest BCUT2D eigenvalue weighted by atomic mass is 15.1. The maximum atomic E-state index is 4.41. The molecule has 0 bridgehead atoms. The number of likely N-dealkylation sites (N-methyl/N-ethyl adjacent to an activating group) is 2. The molecule has 112 valence electrons. The van der Waals surface area contributed by atoms with E-state index in [9.17, 15) is 0 Å². The minimum atomic E-state index is 0.0829. The summed E-state index contributed by atoms with van der Waals surface area (Å²) >= 11 is 0. The Balaban J connectivity index is 2.09. The van der Waals surface area contributed by atoms with Crippen LogP contribution in [0.25, 0.3) is 0 Å². The molecule has 3 nitrogen and oxygen atoms in total. The molecule has 0 saturated carbocycles. The summed E-state index contributed by atoms with van der Waals surface area (Å²) in [7, 11) is 4.17. The van der Waals surface area contributed by atoms with Crippen LogP contribution in [0.5, 0.6) is 0 Å². The Bertz CT molecular complexity index is 527. The van der Waals surface area contributed by atoms with Crippen LogP contribution >= 0.6 is 0 Å². The summed E-state index contributed by atoms with van der Waals surface area (Å²) in [4.78, 5) is 6.75. The predicted molar refractivity (Wildman–Crippen MR) is 88.3 cm³/mol. The van der Waals surface area contributed by atoms with E-state index in [4.69, 9.17) is 0 Å². The normalized spacial score (nSPS) is 14.1. The van der Waals surface area contributed by atoms with Gasteiger partial charge in [0.25, 0.3) is 0 Å². The van der Waals surface area contributed by atoms with E-state index in [0.29, 0.717) is 0 Å². The molecule has 1 aromatic heterocycles. The number of rotatable bonds is 7. The maximum Gasteiger partial charge on any atom is 0.0543 e. The van der Waals surface area contributed by atoms with E-state index in [-0.39, 0.29) is 5.41 Å². The van der Waals surface area contributed by atoms with Crippen molar-refractivity contribution < 1.29 is 0 Å². The highest BCUT2D eigenvalue weighted by Gasteiger charge is 2.27. The molecule has 2 rings (SSSR count). The Labute approximate surface area is 128 Å². The summed E-state index contributed by atoms with van der Waals surface area (Å²) in [6.45, 7) is 5.11. The highest BCUT2D eigenvalue weighted by Crippen LogP contribution is 2.24. The first kappa shape index (κ1) is 15.7. The van der Waals surface area contributed by atoms with Crippen LogP contribution in [0.1, 0.15) is 18.2 Å². The van der Waals surface area contributed by atoms with Crippen molar-refractivity contribution in [1.82, 2.24) is 15.2 Å². The summed E-state index contributed by atoms with van der Waals surface area (Å²) in [5.74, 6) is 0. The van der Waals surface area contributed by atoms with E-state index < -0.39 is 0 Å². The summed E-state index contributed by atoms with van der Waals surface area (Å²) in [6, 6.07) is 16.8. The van der Waals surface area contributed by atoms with Gasteiger partial charge in [0.1, 0.15) is 0 Å². The molecule has 0 saturated heterocycles. The van der Waals surface area contributed by atoms with Crippen LogP contribution in [-0.2, 0) is 12.0 Å². The van der Waals surface area contributed by atoms with Crippen molar-refractivity contribution in [2.45, 2.75) is 18.9 Å². The van der Waals surface area contributed by atoms with Crippen molar-refractivity contribution in [3.05, 3.63) is 66.0 Å². The first-order valence-corrected chi connectivity index (χ1v) is 7.43. The van der Waals surface area contributed by atoms with E-state index in [1.165, 1.54) is 5.56 Å². The lowest BCUT2D eigenvalue weighted by Crippen LogP contribution is -2.43. The molecule has 2 aromatic rings. The van der Waals surface area contributed by atoms with Crippen LogP contribution in [0.3, 0.4) is 0 Å². The maximum absolute atomic E-state index is 4.41. The number of aromatic nitrogens is 1. The quantitative estimate of drug-likeness (QED) is 0.847. The molecule has 3 heteroatoms. The molecule has 0 amide bonds. The lowest BCUT2D eigenvalue weighted by Gasteiger charge is -2.34. The standard InChI is InChI=1S/C18H25N3/c1-18(14-19-2,16-9-5-4-6-10-16)15-21(3)13-17-11-7-8-12-20-17/h4-12,19H,13-15H2,1-3H3. The van der Waals surface area contributed by atoms with Gasteiger partial charge in [-0.2, -0.15) is 0 Å². The van der Waals surface area contributed by atoms with E-state index >= 15 is 0 Å². The van der Waals surface area contributed by atoms with Crippen LogP contribution in [0.2, 0.25) is 0 Å². The second-order valence-electron chi connectivity index (χ2n) is 5.95. The van der Waals surface area contributed by atoms with Crippen molar-refractivity contribution in [1.29, 1.82) is 0 Å². The van der Waals surface area contributed by atoms with Crippen LogP contribution < -0.4 is 5.32 Å². The topological polar surface area (TPSA) is 28.2 Å². The van der Waals surface area contributed by atoms with Crippen LogP contribution in [-0.4, -0.2) is 37.1 Å². The van der Waals surface area contributed by atoms with Crippen LogP contribution in [0.15, 0.2) is 54.7 Å². The van der Waals surface area contributed by atoms with Crippen molar-refractivity contribution in [3.63, 3.8) is 0 Å². The Morgan fingerprint density at radius 2 is 1.81 bits per heavy atom. The van der Waals surface area contributed by atoms with Gasteiger partial charge in [0, 0.05) is 31.2 Å². The number of nitrogens with one attached hydrogen (secondary N) is 1. The van der Waals surface area contributed by atoms with Gasteiger partial charge >= 0.3 is 0 Å². The van der Waals surface area contributed by atoms with E-state index in [2.05, 4.69) is 65.6 Å². The summed E-state index contributed by atoms with van der Waals surface area (Å²) in [5, 5.41) is 3.33. The predicted octanol–water partition coefficient (Wildman–Crippen LogP) is 2.69. The minimum Gasteiger partial charge on any atom is -0.319 e. The van der Waals surface area contributed by atoms with Gasteiger partial charge in [-0.3, -0.25) is 9.88 Å². The lowest BCUT2D eigenvalue weighted by molar-refractivity contribution is 0.243. The SMILES string of the molecule is CNCC(C)(CN(C)Cc1ccccn1)c1ccccc1. The van der Waals surface area contributed by atoms with Gasteiger partial charge in [0.05, 0.1) is 5.69 Å². The lowest BCUT2D eigenvalue weighted by atomic mass is 9.82. The summed E-state index contributed by atoms with van der Waals surface area (Å²) in [6.07, 6.45) is 1.85. The molecule has 0 aliphatic carbocycles. The second-order valence-corrected chi connectivity index (χ2v) is 5.95. The number of hydrogen-bond acceptors (Lipinski definition) is 3. The Morgan fingerprint density at radius 3 is 2.43 bits per heavy atom. The zero-order valence-electron chi connectivity index (χ0n) is 13.2. The van der Waals surface area contributed by atoms with Gasteiger partial charge in [-0.25, -0.2) is 0 Å². The molecule has 0 fully saturated rings. The molecule has 1 N–H and O–H groups in total. The van der Waals surface area contributed by atoms with Gasteiger partial charge in [-0.05, 0) is 31.8 Å². The van der Waals surface area contributed by atoms with Gasteiger partial charge in [0.15, 0.2) is 0 Å². The molecule has 1 aromatic carbocycles. The zero-order valence-corrected chi connectivity index (χ0v) is 13.2. The molecule has 1 heterocycles. The molecule has 21 heavy (non-hydrogen) atoms. The zero-order chi connectivity index (χ0) is 15.1. The van der Waals surface area contributed by atoms with Gasteiger partial charge in [0.2, 0.25) is 0 Å². The molecule has 0 radical (unpaired) electrons. The Kier molecular flexibility index (Phi) is 5.48. The Morgan fingerprint density at radius 1 is 1.10 bits per heavy atom. The number of nitrogens with zero attached hydrogens (tertiary/aromatic N) is 2. The Hall–Kier alpha value is -1.71. The number of benzene rings is 1. The fourth-order valence-corrected chi connectivity index (χ4v) is 2.90. The van der Waals surface area contributed by atoms with E-state index in [1.807, 2.05) is 25.4 Å². The third-order valence-electron chi connectivity index (χ3n) is 3.81. The van der Waals surface area contributed by atoms with Crippen molar-refractivity contribution >= 4 is 0 Å². The largest absolute Gasteiger partial charge is 0.319 e. The van der Waals surface area contributed by atoms with Crippen LogP contribution in [0.4, 0.5) is 0 Å². The number of hydrogen-bond donors (Lipinski definition) is 1. The van der Waals surface area contributed by atoms with E-state index in [0.717, 1.165) is 25.3 Å². The third kappa shape index (κ3) is 4.38. The first-order valence-electron chi connectivity index (χ1n) is 7.43. The third-order valence-corrected chi connectivity index (χ3v) is 3.81. The number of pyridine rings is 1. The van der Waals surface area contributed by atoms with Gasteiger partial charge in [-0.1, -0.05) is 43.3 Å². The highest BCUT2D eigenvalue weighted by molar-refractivity contribution is 5.25. The van der Waals surface area contributed by atoms with E-state index in [1.54, 1.807) is 0 Å². The summed E-state index contributed by atoms with van der Waals surface area (Å²) < 4.78 is 0. The fraction of sp³-hybridized carbons (Fsp3) is 0.389. The molecule has 1 atom stereocenters. The molecular formula is C18H25N3. The monoisotopic (exact) mass is 283 g/mol. The average molecular weight is 283 g/mol. The average Bonchev–Trinajstić information content (AvgIpc) is 2.49. The first-order chi connectivity index (χ1) is 10.1. The van der Waals surface area contributed by atoms with Gasteiger partial charge in [-0.15, -0.1) is 0 Å². The smallest absolute Gasteiger partial charge is 0.0543 e. The summed E-state index contributed by atoms with van der Waals surface area (Å²) in [5.41, 5.74) is 2.56. The minimum absolute atomic E-state index is 0.0829. The molecule has 0 aliphatic rings. The van der Waals surface area contributed by atoms with Crippen molar-refractivity contribution in [2.75, 3.05) is 27.2 Å². The molecule has 0 spiro atoms. The van der Waals surface area contributed by atoms with Crippen molar-refractivity contribution in [2.24, 2.45) is 0 Å². The molecule has 0 aliphatic heterocycles. The van der Waals surface area contributed by atoms with Gasteiger partial charge < -0.3 is 5.32 Å². The van der Waals surface area contributed by atoms with Crippen LogP contribution in [0, 0.1) is 0 Å². The second kappa shape index (κ2) is 7.34. The fourth-order valence-electron chi connectivity index (χ4n) is 2.90.